The third-order valence-electron chi connectivity index (χ3n) is 8.88. The molecule has 4 atom stereocenters. The summed E-state index contributed by atoms with van der Waals surface area (Å²) in [5.41, 5.74) is 1.89. The number of unbranched alkanes of at least 4 members (excludes halogenated alkanes) is 2. The van der Waals surface area contributed by atoms with Crippen molar-refractivity contribution in [2.24, 2.45) is 0 Å². The van der Waals surface area contributed by atoms with Gasteiger partial charge in [-0.1, -0.05) is 61.7 Å². The van der Waals surface area contributed by atoms with E-state index >= 15 is 4.39 Å². The fraction of sp³-hybridized carbons (Fsp3) is 0.324. The van der Waals surface area contributed by atoms with Crippen LogP contribution in [0.1, 0.15) is 67.9 Å². The number of carbonyl (C=O) groups excluding carboxylic acids is 1. The number of esters is 1. The molecule has 3 aromatic rings. The first-order valence-electron chi connectivity index (χ1n) is 15.7. The van der Waals surface area contributed by atoms with Crippen molar-refractivity contribution < 1.29 is 45.0 Å². The molecule has 2 unspecified atom stereocenters. The van der Waals surface area contributed by atoms with Crippen LogP contribution in [0.3, 0.4) is 0 Å². The van der Waals surface area contributed by atoms with E-state index in [1.54, 1.807) is 6.07 Å². The van der Waals surface area contributed by atoms with E-state index in [1.165, 1.54) is 42.5 Å². The van der Waals surface area contributed by atoms with Gasteiger partial charge in [0.25, 0.3) is 0 Å². The van der Waals surface area contributed by atoms with Crippen molar-refractivity contribution in [3.05, 3.63) is 124 Å². The standard InChI is InChI=1S/C37H32F7NO3/c1-3-4-5-6-21-14-32-35(45(32)19-21)23-9-7-22(8-10-23)24-11-12-27(28(38)15-24)36(46)47-25-13-20(2)33(29(39)16-25)37(43,44)48-26-17-30(40)34(42)31(41)18-26/h7-15,17-18,25,32,35H,3-6,16,19H2,1-2H3/t25-,32+,35?,45?/m0/s1. The van der Waals surface area contributed by atoms with Gasteiger partial charge in [-0.3, -0.25) is 4.90 Å². The maximum atomic E-state index is 15.1. The molecule has 0 saturated carbocycles. The number of alkyl halides is 2. The number of carbonyl (C=O) groups is 1. The molecule has 0 bridgehead atoms. The number of rotatable bonds is 11. The van der Waals surface area contributed by atoms with Crippen LogP contribution >= 0.6 is 0 Å². The van der Waals surface area contributed by atoms with Crippen LogP contribution in [0.25, 0.3) is 11.1 Å². The number of hydrogen-bond donors (Lipinski definition) is 0. The highest BCUT2D eigenvalue weighted by molar-refractivity contribution is 5.90. The van der Waals surface area contributed by atoms with E-state index in [0.29, 0.717) is 17.6 Å². The normalized spacial score (nSPS) is 21.9. The van der Waals surface area contributed by atoms with Crippen molar-refractivity contribution in [3.63, 3.8) is 0 Å². The maximum absolute atomic E-state index is 15.1. The molecule has 0 spiro atoms. The highest BCUT2D eigenvalue weighted by Gasteiger charge is 2.50. The van der Waals surface area contributed by atoms with Crippen LogP contribution in [-0.2, 0) is 4.74 Å². The Morgan fingerprint density at radius 2 is 1.58 bits per heavy atom. The van der Waals surface area contributed by atoms with Crippen molar-refractivity contribution in [1.29, 1.82) is 0 Å². The van der Waals surface area contributed by atoms with Crippen LogP contribution in [0.2, 0.25) is 0 Å². The molecule has 0 aromatic heterocycles. The number of nitrogens with zero attached hydrogens (tertiary/aromatic N) is 1. The van der Waals surface area contributed by atoms with Gasteiger partial charge in [-0.15, -0.1) is 0 Å². The lowest BCUT2D eigenvalue weighted by molar-refractivity contribution is -0.142. The summed E-state index contributed by atoms with van der Waals surface area (Å²) in [7, 11) is 0. The second-order valence-corrected chi connectivity index (χ2v) is 12.3. The number of benzene rings is 3. The average molecular weight is 672 g/mol. The van der Waals surface area contributed by atoms with Gasteiger partial charge in [-0.25, -0.2) is 26.7 Å². The first kappa shape index (κ1) is 33.5. The van der Waals surface area contributed by atoms with Crippen LogP contribution in [-0.4, -0.2) is 35.7 Å². The molecule has 3 aromatic carbocycles. The Labute approximate surface area is 273 Å². The first-order chi connectivity index (χ1) is 22.9. The molecule has 1 saturated heterocycles. The Morgan fingerprint density at radius 1 is 0.896 bits per heavy atom. The van der Waals surface area contributed by atoms with Gasteiger partial charge in [0.2, 0.25) is 0 Å². The third-order valence-corrected chi connectivity index (χ3v) is 8.88. The molecule has 3 aliphatic rings. The largest absolute Gasteiger partial charge is 0.454 e. The lowest BCUT2D eigenvalue weighted by atomic mass is 9.95. The Balaban J connectivity index is 1.07. The molecule has 0 N–H and O–H groups in total. The van der Waals surface area contributed by atoms with Crippen molar-refractivity contribution in [2.75, 3.05) is 6.54 Å². The van der Waals surface area contributed by atoms with Gasteiger partial charge in [0.05, 0.1) is 17.2 Å². The zero-order valence-corrected chi connectivity index (χ0v) is 26.1. The van der Waals surface area contributed by atoms with Gasteiger partial charge >= 0.3 is 12.1 Å². The molecule has 48 heavy (non-hydrogen) atoms. The van der Waals surface area contributed by atoms with Crippen LogP contribution in [0, 0.1) is 23.3 Å². The topological polar surface area (TPSA) is 38.5 Å². The Bertz CT molecular complexity index is 1810. The number of fused-ring (bicyclic) bond motifs is 1. The van der Waals surface area contributed by atoms with E-state index < -0.39 is 70.6 Å². The lowest BCUT2D eigenvalue weighted by Gasteiger charge is -2.27. The van der Waals surface area contributed by atoms with Gasteiger partial charge < -0.3 is 9.47 Å². The summed E-state index contributed by atoms with van der Waals surface area (Å²) in [6.07, 6.45) is 1.61. The first-order valence-corrected chi connectivity index (χ1v) is 15.7. The summed E-state index contributed by atoms with van der Waals surface area (Å²) < 4.78 is 109. The highest BCUT2D eigenvalue weighted by atomic mass is 19.3. The van der Waals surface area contributed by atoms with E-state index in [-0.39, 0.29) is 17.7 Å². The van der Waals surface area contributed by atoms with Gasteiger partial charge in [0.1, 0.15) is 23.5 Å². The molecule has 2 heterocycles. The van der Waals surface area contributed by atoms with Crippen molar-refractivity contribution >= 4 is 5.97 Å². The Kier molecular flexibility index (Phi) is 9.26. The van der Waals surface area contributed by atoms with E-state index in [0.717, 1.165) is 31.5 Å². The summed E-state index contributed by atoms with van der Waals surface area (Å²) >= 11 is 0. The van der Waals surface area contributed by atoms with Crippen LogP contribution < -0.4 is 4.74 Å². The summed E-state index contributed by atoms with van der Waals surface area (Å²) in [4.78, 5) is 15.3. The average Bonchev–Trinajstić information content (AvgIpc) is 3.52. The molecule has 1 fully saturated rings. The number of hydrogen-bond acceptors (Lipinski definition) is 4. The molecule has 6 rings (SSSR count). The fourth-order valence-corrected chi connectivity index (χ4v) is 6.47. The van der Waals surface area contributed by atoms with E-state index in [4.69, 9.17) is 4.74 Å². The predicted octanol–water partition coefficient (Wildman–Crippen LogP) is 9.93. The summed E-state index contributed by atoms with van der Waals surface area (Å²) in [6, 6.07) is 13.0. The number of ether oxygens (including phenoxy) is 2. The summed E-state index contributed by atoms with van der Waals surface area (Å²) in [5.74, 6) is -9.92. The Morgan fingerprint density at radius 3 is 2.19 bits per heavy atom. The lowest BCUT2D eigenvalue weighted by Crippen LogP contribution is -2.32. The molecule has 4 nitrogen and oxygen atoms in total. The molecule has 2 aliphatic heterocycles. The van der Waals surface area contributed by atoms with Crippen LogP contribution in [0.15, 0.2) is 89.3 Å². The van der Waals surface area contributed by atoms with E-state index in [9.17, 15) is 31.1 Å². The van der Waals surface area contributed by atoms with Crippen molar-refractivity contribution in [3.8, 4) is 16.9 Å². The highest BCUT2D eigenvalue weighted by Crippen LogP contribution is 2.49. The Hall–Kier alpha value is -4.38. The van der Waals surface area contributed by atoms with Crippen LogP contribution in [0.5, 0.6) is 5.75 Å². The predicted molar refractivity (Wildman–Crippen MR) is 165 cm³/mol. The SMILES string of the molecule is CCCCCC1=C[C@@H]2C(c3ccc(-c4ccc(C(=O)O[C@H]5C=C(C)C(C(F)(F)Oc6cc(F)c(F)c(F)c6)=C(F)C5)c(F)c4)cc3)N2C1. The monoisotopic (exact) mass is 671 g/mol. The van der Waals surface area contributed by atoms with Gasteiger partial charge in [0.15, 0.2) is 17.5 Å². The minimum absolute atomic E-state index is 0.199. The minimum Gasteiger partial charge on any atom is -0.454 e. The molecule has 11 heteroatoms. The molecular formula is C37H32F7NO3. The van der Waals surface area contributed by atoms with Gasteiger partial charge in [-0.2, -0.15) is 8.78 Å². The maximum Gasteiger partial charge on any atom is 0.429 e. The third kappa shape index (κ3) is 6.78. The second-order valence-electron chi connectivity index (χ2n) is 12.3. The van der Waals surface area contributed by atoms with Gasteiger partial charge in [0, 0.05) is 31.1 Å². The van der Waals surface area contributed by atoms with Crippen molar-refractivity contribution in [2.45, 2.75) is 70.2 Å². The second kappa shape index (κ2) is 13.3. The van der Waals surface area contributed by atoms with E-state index in [1.807, 2.05) is 24.3 Å². The zero-order chi connectivity index (χ0) is 34.3. The smallest absolute Gasteiger partial charge is 0.429 e. The van der Waals surface area contributed by atoms with Crippen molar-refractivity contribution in [1.82, 2.24) is 4.90 Å². The van der Waals surface area contributed by atoms with Gasteiger partial charge in [-0.05, 0) is 60.2 Å². The molecule has 0 radical (unpaired) electrons. The number of halogens is 7. The van der Waals surface area contributed by atoms with E-state index in [2.05, 4.69) is 22.6 Å². The molecule has 1 aliphatic carbocycles. The molecule has 0 amide bonds. The minimum atomic E-state index is -4.42. The molecule has 252 valence electrons. The van der Waals surface area contributed by atoms with Crippen LogP contribution in [0.4, 0.5) is 30.7 Å². The fourth-order valence-electron chi connectivity index (χ4n) is 6.47. The molecular weight excluding hydrogens is 639 g/mol. The summed E-state index contributed by atoms with van der Waals surface area (Å²) in [6.45, 7) is 4.28. The zero-order valence-electron chi connectivity index (χ0n) is 26.1. The quantitative estimate of drug-likeness (QED) is 0.0508. The summed E-state index contributed by atoms with van der Waals surface area (Å²) in [5, 5.41) is 0.